The number of nitrogens with zero attached hydrogens (tertiary/aromatic N) is 3. The number of benzene rings is 1. The molecule has 242 valence electrons. The number of sulfonamides is 2. The second kappa shape index (κ2) is 14.4. The number of aryl methyl sites for hydroxylation is 2. The van der Waals surface area contributed by atoms with Gasteiger partial charge in [0.05, 0.1) is 36.7 Å². The van der Waals surface area contributed by atoms with Gasteiger partial charge >= 0.3 is 0 Å². The fourth-order valence-electron chi connectivity index (χ4n) is 5.01. The molecule has 0 fully saturated rings. The SMILES string of the molecule is Cc1noc(C)c1S(=O)(=O)N(C)C[C@@H]1OCCCC[C@@H](C)Oc2ccc(NS(C)(=O)=O)cc2C(=O)N([C@H](C)CO)C[C@@H]1C. The number of likely N-dealkylation sites (N-methyl/N-ethyl adjacent to an activating group) is 1. The van der Waals surface area contributed by atoms with E-state index in [0.29, 0.717) is 25.2 Å². The third-order valence-corrected chi connectivity index (χ3v) is 10.1. The summed E-state index contributed by atoms with van der Waals surface area (Å²) >= 11 is 0. The Morgan fingerprint density at radius 1 is 1.19 bits per heavy atom. The van der Waals surface area contributed by atoms with Crippen molar-refractivity contribution in [3.8, 4) is 5.75 Å². The van der Waals surface area contributed by atoms with Gasteiger partial charge in [-0.2, -0.15) is 4.31 Å². The Morgan fingerprint density at radius 2 is 1.88 bits per heavy atom. The van der Waals surface area contributed by atoms with E-state index in [0.717, 1.165) is 12.7 Å². The number of fused-ring (bicyclic) bond motifs is 1. The Bertz CT molecular complexity index is 1460. The first kappa shape index (κ1) is 34.8. The Morgan fingerprint density at radius 3 is 2.49 bits per heavy atom. The number of rotatable bonds is 8. The molecule has 0 bridgehead atoms. The number of hydrogen-bond acceptors (Lipinski definition) is 10. The van der Waals surface area contributed by atoms with Crippen molar-refractivity contribution in [2.75, 3.05) is 44.3 Å². The topological polar surface area (TPSA) is 169 Å². The van der Waals surface area contributed by atoms with Crippen molar-refractivity contribution in [2.24, 2.45) is 5.92 Å². The molecule has 0 aliphatic carbocycles. The van der Waals surface area contributed by atoms with Crippen molar-refractivity contribution < 1.29 is 40.7 Å². The van der Waals surface area contributed by atoms with Gasteiger partial charge in [0.25, 0.3) is 5.91 Å². The lowest BCUT2D eigenvalue weighted by Crippen LogP contribution is -2.48. The summed E-state index contributed by atoms with van der Waals surface area (Å²) < 4.78 is 71.8. The number of amides is 1. The smallest absolute Gasteiger partial charge is 0.258 e. The van der Waals surface area contributed by atoms with E-state index in [1.165, 1.54) is 28.4 Å². The van der Waals surface area contributed by atoms with Gasteiger partial charge in [0.1, 0.15) is 16.3 Å². The summed E-state index contributed by atoms with van der Waals surface area (Å²) in [5, 5.41) is 13.9. The van der Waals surface area contributed by atoms with Crippen LogP contribution in [0, 0.1) is 19.8 Å². The van der Waals surface area contributed by atoms with Crippen molar-refractivity contribution in [2.45, 2.75) is 77.0 Å². The van der Waals surface area contributed by atoms with Crippen LogP contribution in [0.25, 0.3) is 0 Å². The largest absolute Gasteiger partial charge is 0.490 e. The van der Waals surface area contributed by atoms with Gasteiger partial charge in [-0.05, 0) is 65.2 Å². The third-order valence-electron chi connectivity index (χ3n) is 7.43. The Labute approximate surface area is 254 Å². The van der Waals surface area contributed by atoms with Crippen LogP contribution in [0.4, 0.5) is 5.69 Å². The molecule has 0 unspecified atom stereocenters. The minimum Gasteiger partial charge on any atom is -0.490 e. The predicted molar refractivity (Wildman–Crippen MR) is 161 cm³/mol. The van der Waals surface area contributed by atoms with Crippen LogP contribution in [0.5, 0.6) is 5.75 Å². The van der Waals surface area contributed by atoms with Crippen molar-refractivity contribution in [1.29, 1.82) is 0 Å². The third kappa shape index (κ3) is 8.91. The Kier molecular flexibility index (Phi) is 11.6. The molecular weight excluding hydrogens is 600 g/mol. The molecule has 1 aliphatic rings. The second-order valence-electron chi connectivity index (χ2n) is 11.3. The van der Waals surface area contributed by atoms with Crippen molar-refractivity contribution in [3.63, 3.8) is 0 Å². The van der Waals surface area contributed by atoms with Gasteiger partial charge in [-0.25, -0.2) is 16.8 Å². The summed E-state index contributed by atoms with van der Waals surface area (Å²) in [6.45, 7) is 8.71. The van der Waals surface area contributed by atoms with Gasteiger partial charge in [-0.15, -0.1) is 0 Å². The van der Waals surface area contributed by atoms with E-state index in [-0.39, 0.29) is 59.3 Å². The molecule has 1 amide bonds. The number of carbonyl (C=O) groups is 1. The van der Waals surface area contributed by atoms with E-state index < -0.39 is 38.1 Å². The average Bonchev–Trinajstić information content (AvgIpc) is 3.27. The van der Waals surface area contributed by atoms with Crippen LogP contribution >= 0.6 is 0 Å². The molecule has 0 saturated heterocycles. The maximum atomic E-state index is 14.1. The number of anilines is 1. The molecule has 2 N–H and O–H groups in total. The van der Waals surface area contributed by atoms with Crippen LogP contribution in [0.15, 0.2) is 27.6 Å². The maximum Gasteiger partial charge on any atom is 0.258 e. The molecule has 2 aromatic rings. The summed E-state index contributed by atoms with van der Waals surface area (Å²) in [4.78, 5) is 15.6. The lowest BCUT2D eigenvalue weighted by Gasteiger charge is -2.35. The van der Waals surface area contributed by atoms with E-state index in [9.17, 15) is 26.7 Å². The zero-order valence-corrected chi connectivity index (χ0v) is 27.5. The minimum absolute atomic E-state index is 0.00161. The monoisotopic (exact) mass is 644 g/mol. The molecule has 15 heteroatoms. The number of hydrogen-bond donors (Lipinski definition) is 2. The molecule has 0 spiro atoms. The van der Waals surface area contributed by atoms with E-state index >= 15 is 0 Å². The van der Waals surface area contributed by atoms with E-state index in [1.807, 2.05) is 13.8 Å². The van der Waals surface area contributed by atoms with Crippen LogP contribution in [0.3, 0.4) is 0 Å². The zero-order valence-electron chi connectivity index (χ0n) is 25.9. The van der Waals surface area contributed by atoms with Gasteiger partial charge in [-0.1, -0.05) is 12.1 Å². The first-order chi connectivity index (χ1) is 20.0. The number of aromatic nitrogens is 1. The highest BCUT2D eigenvalue weighted by Gasteiger charge is 2.34. The second-order valence-corrected chi connectivity index (χ2v) is 15.1. The minimum atomic E-state index is -3.95. The quantitative estimate of drug-likeness (QED) is 0.436. The molecule has 43 heavy (non-hydrogen) atoms. The van der Waals surface area contributed by atoms with Crippen molar-refractivity contribution in [1.82, 2.24) is 14.4 Å². The fraction of sp³-hybridized carbons (Fsp3) is 0.643. The number of aliphatic hydroxyl groups is 1. The lowest BCUT2D eigenvalue weighted by atomic mass is 10.0. The standard InChI is InChI=1S/C28H44N4O9S2/c1-18-15-32(19(2)17-33)28(34)24-14-23(30-42(7,35)36)11-12-25(24)40-20(3)10-8-9-13-39-26(18)16-31(6)43(37,38)27-21(4)29-41-22(27)5/h11-12,14,18-20,26,30,33H,8-10,13,15-17H2,1-7H3/t18-,19+,20+,26-/m0/s1. The van der Waals surface area contributed by atoms with Crippen LogP contribution in [-0.4, -0.2) is 100 Å². The molecule has 1 aromatic heterocycles. The molecule has 3 rings (SSSR count). The number of nitrogens with one attached hydrogen (secondary N) is 1. The van der Waals surface area contributed by atoms with Crippen LogP contribution in [0.2, 0.25) is 0 Å². The van der Waals surface area contributed by atoms with Gasteiger partial charge in [0.2, 0.25) is 20.0 Å². The molecular formula is C28H44N4O9S2. The first-order valence-corrected chi connectivity index (χ1v) is 17.6. The molecule has 1 aliphatic heterocycles. The van der Waals surface area contributed by atoms with Crippen molar-refractivity contribution in [3.05, 3.63) is 35.2 Å². The summed E-state index contributed by atoms with van der Waals surface area (Å²) in [6.07, 6.45) is 2.29. The van der Waals surface area contributed by atoms with Gasteiger partial charge < -0.3 is 24.0 Å². The lowest BCUT2D eigenvalue weighted by molar-refractivity contribution is -0.00835. The highest BCUT2D eigenvalue weighted by molar-refractivity contribution is 7.92. The van der Waals surface area contributed by atoms with Gasteiger partial charge in [0.15, 0.2) is 5.76 Å². The number of aliphatic hydroxyl groups excluding tert-OH is 1. The van der Waals surface area contributed by atoms with Crippen LogP contribution in [0.1, 0.15) is 61.8 Å². The molecule has 0 radical (unpaired) electrons. The highest BCUT2D eigenvalue weighted by Crippen LogP contribution is 2.29. The summed E-state index contributed by atoms with van der Waals surface area (Å²) in [7, 11) is -6.10. The number of carbonyl (C=O) groups excluding carboxylic acids is 1. The molecule has 4 atom stereocenters. The fourth-order valence-corrected chi connectivity index (χ4v) is 7.03. The molecule has 0 saturated carbocycles. The molecule has 13 nitrogen and oxygen atoms in total. The van der Waals surface area contributed by atoms with E-state index in [2.05, 4.69) is 9.88 Å². The summed E-state index contributed by atoms with van der Waals surface area (Å²) in [5.41, 5.74) is 0.599. The Balaban J connectivity index is 2.00. The molecule has 2 heterocycles. The number of ether oxygens (including phenoxy) is 2. The predicted octanol–water partition coefficient (Wildman–Crippen LogP) is 2.78. The van der Waals surface area contributed by atoms with Gasteiger partial charge in [-0.3, -0.25) is 9.52 Å². The zero-order chi connectivity index (χ0) is 32.1. The maximum absolute atomic E-state index is 14.1. The normalized spacial score (nSPS) is 22.0. The summed E-state index contributed by atoms with van der Waals surface area (Å²) in [5.74, 6) is -0.351. The molecule has 1 aromatic carbocycles. The van der Waals surface area contributed by atoms with Crippen molar-refractivity contribution >= 4 is 31.6 Å². The van der Waals surface area contributed by atoms with E-state index in [1.54, 1.807) is 26.8 Å². The highest BCUT2D eigenvalue weighted by atomic mass is 32.2. The van der Waals surface area contributed by atoms with Crippen LogP contribution in [-0.2, 0) is 24.8 Å². The van der Waals surface area contributed by atoms with Gasteiger partial charge in [0, 0.05) is 38.3 Å². The Hall–Kier alpha value is -2.72. The average molecular weight is 645 g/mol. The van der Waals surface area contributed by atoms with E-state index in [4.69, 9.17) is 14.0 Å². The summed E-state index contributed by atoms with van der Waals surface area (Å²) in [6, 6.07) is 3.90. The first-order valence-electron chi connectivity index (χ1n) is 14.3. The van der Waals surface area contributed by atoms with Crippen LogP contribution < -0.4 is 9.46 Å².